The molecule has 0 bridgehead atoms. The first-order valence-corrected chi connectivity index (χ1v) is 19.6. The summed E-state index contributed by atoms with van der Waals surface area (Å²) in [6, 6.07) is 66.9. The van der Waals surface area contributed by atoms with Gasteiger partial charge in [0.1, 0.15) is 0 Å². The van der Waals surface area contributed by atoms with E-state index in [2.05, 4.69) is 187 Å². The number of hydrogen-bond acceptors (Lipinski definition) is 4. The molecule has 0 spiro atoms. The van der Waals surface area contributed by atoms with Crippen LogP contribution in [0.15, 0.2) is 194 Å². The Balaban J connectivity index is 0.877. The molecule has 8 aromatic carbocycles. The van der Waals surface area contributed by atoms with Gasteiger partial charge in [-0.25, -0.2) is 15.0 Å². The van der Waals surface area contributed by atoms with Crippen LogP contribution in [0.2, 0.25) is 0 Å². The maximum Gasteiger partial charge on any atom is 0.0972 e. The highest BCUT2D eigenvalue weighted by Gasteiger charge is 2.12. The summed E-state index contributed by atoms with van der Waals surface area (Å²) in [6.07, 6.45) is 1.83. The first kappa shape index (κ1) is 32.4. The van der Waals surface area contributed by atoms with E-state index in [1.165, 1.54) is 27.1 Å². The molecule has 0 saturated heterocycles. The summed E-state index contributed by atoms with van der Waals surface area (Å²) in [5.74, 6) is 0. The first-order chi connectivity index (χ1) is 28.7. The van der Waals surface area contributed by atoms with Gasteiger partial charge in [0.25, 0.3) is 0 Å². The van der Waals surface area contributed by atoms with Gasteiger partial charge in [0.2, 0.25) is 0 Å². The zero-order valence-electron chi connectivity index (χ0n) is 31.3. The number of nitrogens with zero attached hydrogens (tertiary/aromatic N) is 4. The lowest BCUT2D eigenvalue weighted by Gasteiger charge is -2.12. The molecular formula is C54H32N4. The van der Waals surface area contributed by atoms with Gasteiger partial charge in [-0.05, 0) is 98.0 Å². The molecule has 0 N–H and O–H groups in total. The first-order valence-electron chi connectivity index (χ1n) is 19.6. The molecule has 12 rings (SSSR count). The lowest BCUT2D eigenvalue weighted by atomic mass is 9.93. The normalized spacial score (nSPS) is 11.8. The van der Waals surface area contributed by atoms with Gasteiger partial charge in [0, 0.05) is 44.4 Å². The predicted octanol–water partition coefficient (Wildman–Crippen LogP) is 14.0. The third-order valence-corrected chi connectivity index (χ3v) is 11.6. The number of aromatic nitrogens is 4. The number of hydrogen-bond donors (Lipinski definition) is 0. The average molecular weight is 737 g/mol. The molecule has 268 valence electrons. The van der Waals surface area contributed by atoms with E-state index in [-0.39, 0.29) is 0 Å². The van der Waals surface area contributed by atoms with Crippen LogP contribution in [-0.4, -0.2) is 19.9 Å². The van der Waals surface area contributed by atoms with Crippen LogP contribution in [0.25, 0.3) is 121 Å². The van der Waals surface area contributed by atoms with Crippen LogP contribution in [0.5, 0.6) is 0 Å². The number of pyridine rings is 4. The molecule has 12 aromatic rings. The van der Waals surface area contributed by atoms with Gasteiger partial charge < -0.3 is 0 Å². The fourth-order valence-electron chi connectivity index (χ4n) is 8.62. The number of rotatable bonds is 4. The minimum atomic E-state index is 0.924. The molecule has 0 aliphatic carbocycles. The van der Waals surface area contributed by atoms with Crippen LogP contribution in [0, 0.1) is 0 Å². The molecular weight excluding hydrogens is 705 g/mol. The zero-order chi connectivity index (χ0) is 38.2. The highest BCUT2D eigenvalue weighted by Crippen LogP contribution is 2.37. The van der Waals surface area contributed by atoms with Gasteiger partial charge in [-0.15, -0.1) is 0 Å². The van der Waals surface area contributed by atoms with E-state index in [4.69, 9.17) is 15.0 Å². The SMILES string of the molecule is c1ccc2c(c1)cc(-c1ccc3ccc(-c4ccc5ccc(-c6ccc7cc(-c8ccc9ccc%10cccnc%10c9n8)ccc7c6)nc5c4)nc3c1)c1ccccc12. The molecule has 0 fully saturated rings. The second-order valence-corrected chi connectivity index (χ2v) is 15.1. The Bertz CT molecular complexity index is 3650. The van der Waals surface area contributed by atoms with Crippen molar-refractivity contribution in [2.45, 2.75) is 0 Å². The van der Waals surface area contributed by atoms with Crippen molar-refractivity contribution < 1.29 is 0 Å². The second kappa shape index (κ2) is 12.9. The summed E-state index contributed by atoms with van der Waals surface area (Å²) in [5, 5.41) is 11.7. The Hall–Kier alpha value is -7.82. The molecule has 0 atom stereocenters. The molecule has 58 heavy (non-hydrogen) atoms. The minimum absolute atomic E-state index is 0.924. The quantitative estimate of drug-likeness (QED) is 0.169. The van der Waals surface area contributed by atoms with E-state index in [9.17, 15) is 0 Å². The smallest absolute Gasteiger partial charge is 0.0972 e. The largest absolute Gasteiger partial charge is 0.254 e. The van der Waals surface area contributed by atoms with Crippen molar-refractivity contribution in [1.29, 1.82) is 0 Å². The number of fused-ring (bicyclic) bond motifs is 9. The van der Waals surface area contributed by atoms with Gasteiger partial charge in [-0.3, -0.25) is 4.98 Å². The molecule has 4 heterocycles. The van der Waals surface area contributed by atoms with Crippen LogP contribution in [-0.2, 0) is 0 Å². The molecule has 0 aliphatic heterocycles. The third kappa shape index (κ3) is 5.38. The van der Waals surface area contributed by atoms with Crippen molar-refractivity contribution in [2.75, 3.05) is 0 Å². The predicted molar refractivity (Wildman–Crippen MR) is 242 cm³/mol. The monoisotopic (exact) mass is 736 g/mol. The molecule has 4 nitrogen and oxygen atoms in total. The summed E-state index contributed by atoms with van der Waals surface area (Å²) < 4.78 is 0. The number of benzene rings is 8. The molecule has 4 aromatic heterocycles. The fraction of sp³-hybridized carbons (Fsp3) is 0. The minimum Gasteiger partial charge on any atom is -0.254 e. The summed E-state index contributed by atoms with van der Waals surface area (Å²) >= 11 is 0. The Morgan fingerprint density at radius 1 is 0.276 bits per heavy atom. The highest BCUT2D eigenvalue weighted by atomic mass is 14.8. The molecule has 0 saturated carbocycles. The van der Waals surface area contributed by atoms with E-state index in [1.807, 2.05) is 12.3 Å². The van der Waals surface area contributed by atoms with E-state index >= 15 is 0 Å². The van der Waals surface area contributed by atoms with Gasteiger partial charge in [0.05, 0.1) is 39.1 Å². The van der Waals surface area contributed by atoms with Crippen molar-refractivity contribution in [3.05, 3.63) is 194 Å². The van der Waals surface area contributed by atoms with Crippen LogP contribution < -0.4 is 0 Å². The van der Waals surface area contributed by atoms with Gasteiger partial charge in [-0.2, -0.15) is 0 Å². The lowest BCUT2D eigenvalue weighted by Crippen LogP contribution is -1.90. The van der Waals surface area contributed by atoms with Crippen molar-refractivity contribution >= 4 is 75.9 Å². The van der Waals surface area contributed by atoms with Crippen molar-refractivity contribution in [3.8, 4) is 44.9 Å². The summed E-state index contributed by atoms with van der Waals surface area (Å²) in [5.41, 5.74) is 12.1. The third-order valence-electron chi connectivity index (χ3n) is 11.6. The van der Waals surface area contributed by atoms with E-state index in [1.54, 1.807) is 0 Å². The van der Waals surface area contributed by atoms with Crippen molar-refractivity contribution in [2.24, 2.45) is 0 Å². The fourth-order valence-corrected chi connectivity index (χ4v) is 8.62. The van der Waals surface area contributed by atoms with Crippen LogP contribution in [0.1, 0.15) is 0 Å². The summed E-state index contributed by atoms with van der Waals surface area (Å²) in [6.45, 7) is 0. The molecule has 0 aliphatic rings. The lowest BCUT2D eigenvalue weighted by molar-refractivity contribution is 1.37. The van der Waals surface area contributed by atoms with Gasteiger partial charge in [0.15, 0.2) is 0 Å². The zero-order valence-corrected chi connectivity index (χ0v) is 31.3. The van der Waals surface area contributed by atoms with Crippen LogP contribution >= 0.6 is 0 Å². The van der Waals surface area contributed by atoms with Crippen molar-refractivity contribution in [3.63, 3.8) is 0 Å². The molecule has 0 radical (unpaired) electrons. The van der Waals surface area contributed by atoms with Crippen LogP contribution in [0.4, 0.5) is 0 Å². The maximum absolute atomic E-state index is 5.22. The Labute approximate surface area is 333 Å². The Morgan fingerprint density at radius 2 is 0.759 bits per heavy atom. The maximum atomic E-state index is 5.22. The Morgan fingerprint density at radius 3 is 1.47 bits per heavy atom. The summed E-state index contributed by atoms with van der Waals surface area (Å²) in [7, 11) is 0. The molecule has 0 unspecified atom stereocenters. The summed E-state index contributed by atoms with van der Waals surface area (Å²) in [4.78, 5) is 20.1. The van der Waals surface area contributed by atoms with Crippen molar-refractivity contribution in [1.82, 2.24) is 19.9 Å². The van der Waals surface area contributed by atoms with E-state index < -0.39 is 0 Å². The van der Waals surface area contributed by atoms with Gasteiger partial charge >= 0.3 is 0 Å². The van der Waals surface area contributed by atoms with E-state index in [0.717, 1.165) is 93.7 Å². The second-order valence-electron chi connectivity index (χ2n) is 15.1. The highest BCUT2D eigenvalue weighted by molar-refractivity contribution is 6.14. The van der Waals surface area contributed by atoms with Gasteiger partial charge in [-0.1, -0.05) is 133 Å². The standard InChI is InChI=1S/C54H32N4/c1-2-8-44-39(6-1)30-47(46-10-4-3-9-45(44)46)40-17-11-33-22-25-49(57-51(33)31-40)43-18-12-34-21-24-48(56-52(34)32-43)41-19-15-38-29-42(20-16-37(38)28-41)50-26-23-36-14-13-35-7-5-27-55-53(35)54(36)58-50/h1-32H. The van der Waals surface area contributed by atoms with Crippen LogP contribution in [0.3, 0.4) is 0 Å². The topological polar surface area (TPSA) is 51.6 Å². The molecule has 0 amide bonds. The Kier molecular flexibility index (Phi) is 7.20. The molecule has 4 heteroatoms. The van der Waals surface area contributed by atoms with E-state index in [0.29, 0.717) is 0 Å². The average Bonchev–Trinajstić information content (AvgIpc) is 3.30.